The molecule has 128 valence electrons. The molecular formula is C16H12BrN3O4S. The van der Waals surface area contributed by atoms with Crippen LogP contribution < -0.4 is 10.9 Å². The van der Waals surface area contributed by atoms with Crippen LogP contribution in [0.15, 0.2) is 37.9 Å². The van der Waals surface area contributed by atoms with Crippen LogP contribution in [0.4, 0.5) is 5.13 Å². The average Bonchev–Trinajstić information content (AvgIpc) is 3.25. The number of fused-ring (bicyclic) bond motifs is 1. The Kier molecular flexibility index (Phi) is 4.36. The van der Waals surface area contributed by atoms with E-state index in [1.165, 1.54) is 17.4 Å². The molecule has 1 aromatic carbocycles. The smallest absolute Gasteiger partial charge is 0.349 e. The van der Waals surface area contributed by atoms with E-state index < -0.39 is 11.5 Å². The third-order valence-corrected chi connectivity index (χ3v) is 5.23. The van der Waals surface area contributed by atoms with Gasteiger partial charge in [-0.3, -0.25) is 10.1 Å². The van der Waals surface area contributed by atoms with Gasteiger partial charge in [0, 0.05) is 16.5 Å². The summed E-state index contributed by atoms with van der Waals surface area (Å²) in [5.41, 5.74) is -0.364. The van der Waals surface area contributed by atoms with Gasteiger partial charge in [-0.2, -0.15) is 0 Å². The Balaban J connectivity index is 1.59. The highest BCUT2D eigenvalue weighted by Gasteiger charge is 2.23. The van der Waals surface area contributed by atoms with Gasteiger partial charge in [0.25, 0.3) is 5.91 Å². The van der Waals surface area contributed by atoms with Crippen LogP contribution >= 0.6 is 27.3 Å². The zero-order valence-corrected chi connectivity index (χ0v) is 15.2. The number of hydrogen-bond donors (Lipinski definition) is 1. The van der Waals surface area contributed by atoms with Gasteiger partial charge in [0.1, 0.15) is 22.3 Å². The lowest BCUT2D eigenvalue weighted by Gasteiger charge is -2.03. The van der Waals surface area contributed by atoms with Gasteiger partial charge in [0.2, 0.25) is 5.13 Å². The third-order valence-electron chi connectivity index (χ3n) is 3.81. The first-order chi connectivity index (χ1) is 12.1. The molecule has 1 aliphatic rings. The number of nitrogens with one attached hydrogen (secondary N) is 1. The molecule has 1 unspecified atom stereocenters. The fourth-order valence-electron chi connectivity index (χ4n) is 2.60. The number of carbonyl (C=O) groups is 1. The van der Waals surface area contributed by atoms with Gasteiger partial charge < -0.3 is 9.15 Å². The second-order valence-electron chi connectivity index (χ2n) is 5.53. The molecule has 1 saturated heterocycles. The maximum absolute atomic E-state index is 12.4. The number of rotatable bonds is 3. The minimum Gasteiger partial charge on any atom is -0.422 e. The van der Waals surface area contributed by atoms with E-state index in [0.29, 0.717) is 22.7 Å². The molecule has 9 heteroatoms. The molecule has 3 aromatic rings. The second-order valence-corrected chi connectivity index (χ2v) is 7.46. The van der Waals surface area contributed by atoms with E-state index >= 15 is 0 Å². The number of benzene rings is 1. The van der Waals surface area contributed by atoms with E-state index in [1.54, 1.807) is 18.2 Å². The van der Waals surface area contributed by atoms with Crippen molar-refractivity contribution in [1.82, 2.24) is 10.2 Å². The van der Waals surface area contributed by atoms with E-state index in [4.69, 9.17) is 9.15 Å². The minimum absolute atomic E-state index is 0.0637. The number of aromatic nitrogens is 2. The van der Waals surface area contributed by atoms with Crippen molar-refractivity contribution in [3.05, 3.63) is 49.7 Å². The summed E-state index contributed by atoms with van der Waals surface area (Å²) >= 11 is 4.60. The maximum atomic E-state index is 12.4. The van der Waals surface area contributed by atoms with E-state index in [-0.39, 0.29) is 11.7 Å². The monoisotopic (exact) mass is 421 g/mol. The van der Waals surface area contributed by atoms with Gasteiger partial charge >= 0.3 is 5.63 Å². The zero-order valence-electron chi connectivity index (χ0n) is 12.8. The topological polar surface area (TPSA) is 94.3 Å². The number of halogens is 1. The van der Waals surface area contributed by atoms with Gasteiger partial charge in [-0.15, -0.1) is 10.2 Å². The Labute approximate surface area is 154 Å². The fraction of sp³-hybridized carbons (Fsp3) is 0.250. The minimum atomic E-state index is -0.698. The molecule has 0 spiro atoms. The molecule has 1 aliphatic heterocycles. The van der Waals surface area contributed by atoms with Crippen LogP contribution in [-0.2, 0) is 4.74 Å². The van der Waals surface area contributed by atoms with Crippen LogP contribution in [0.3, 0.4) is 0 Å². The second kappa shape index (κ2) is 6.66. The molecule has 2 aromatic heterocycles. The van der Waals surface area contributed by atoms with Crippen LogP contribution in [0.5, 0.6) is 0 Å². The first kappa shape index (κ1) is 16.4. The van der Waals surface area contributed by atoms with Gasteiger partial charge in [-0.25, -0.2) is 4.79 Å². The van der Waals surface area contributed by atoms with Crippen LogP contribution in [0.1, 0.15) is 34.3 Å². The van der Waals surface area contributed by atoms with Crippen molar-refractivity contribution in [2.24, 2.45) is 0 Å². The molecule has 1 fully saturated rings. The van der Waals surface area contributed by atoms with Gasteiger partial charge in [0.05, 0.1) is 0 Å². The lowest BCUT2D eigenvalue weighted by Crippen LogP contribution is -2.20. The van der Waals surface area contributed by atoms with E-state index in [2.05, 4.69) is 31.4 Å². The fourth-order valence-corrected chi connectivity index (χ4v) is 3.81. The highest BCUT2D eigenvalue weighted by atomic mass is 79.9. The maximum Gasteiger partial charge on any atom is 0.349 e. The number of ether oxygens (including phenoxy) is 1. The van der Waals surface area contributed by atoms with Crippen LogP contribution in [-0.4, -0.2) is 22.7 Å². The van der Waals surface area contributed by atoms with Crippen LogP contribution in [0.2, 0.25) is 0 Å². The van der Waals surface area contributed by atoms with Crippen molar-refractivity contribution in [1.29, 1.82) is 0 Å². The average molecular weight is 422 g/mol. The Morgan fingerprint density at radius 3 is 3.00 bits per heavy atom. The van der Waals surface area contributed by atoms with Crippen molar-refractivity contribution in [2.75, 3.05) is 11.9 Å². The third kappa shape index (κ3) is 3.35. The molecule has 25 heavy (non-hydrogen) atoms. The van der Waals surface area contributed by atoms with Gasteiger partial charge in [-0.05, 0) is 37.1 Å². The summed E-state index contributed by atoms with van der Waals surface area (Å²) in [6, 6.07) is 6.71. The number of carbonyl (C=O) groups excluding carboxylic acids is 1. The lowest BCUT2D eigenvalue weighted by molar-refractivity contribution is 0.102. The Hall–Kier alpha value is -2.10. The first-order valence-corrected chi connectivity index (χ1v) is 9.21. The SMILES string of the molecule is O=C(Nc1nnc(C2CCCO2)s1)c1cc2cc(Br)ccc2oc1=O. The Bertz CT molecular complexity index is 1010. The number of amides is 1. The molecule has 0 aliphatic carbocycles. The quantitative estimate of drug-likeness (QED) is 0.650. The van der Waals surface area contributed by atoms with Crippen molar-refractivity contribution < 1.29 is 13.9 Å². The van der Waals surface area contributed by atoms with Gasteiger partial charge in [-0.1, -0.05) is 27.3 Å². The molecule has 0 bridgehead atoms. The molecule has 7 nitrogen and oxygen atoms in total. The molecule has 3 heterocycles. The predicted octanol–water partition coefficient (Wildman–Crippen LogP) is 3.51. The molecule has 1 amide bonds. The Morgan fingerprint density at radius 2 is 2.20 bits per heavy atom. The van der Waals surface area contributed by atoms with Crippen molar-refractivity contribution in [2.45, 2.75) is 18.9 Å². The Morgan fingerprint density at radius 1 is 1.32 bits per heavy atom. The number of anilines is 1. The molecule has 1 N–H and O–H groups in total. The largest absolute Gasteiger partial charge is 0.422 e. The molecule has 1 atom stereocenters. The van der Waals surface area contributed by atoms with Gasteiger partial charge in [0.15, 0.2) is 0 Å². The molecule has 4 rings (SSSR count). The summed E-state index contributed by atoms with van der Waals surface area (Å²) in [6.45, 7) is 0.708. The predicted molar refractivity (Wildman–Crippen MR) is 96.0 cm³/mol. The highest BCUT2D eigenvalue weighted by molar-refractivity contribution is 9.10. The van der Waals surface area contributed by atoms with E-state index in [9.17, 15) is 9.59 Å². The summed E-state index contributed by atoms with van der Waals surface area (Å²) in [5.74, 6) is -0.578. The molecule has 0 saturated carbocycles. The number of hydrogen-bond acceptors (Lipinski definition) is 7. The van der Waals surface area contributed by atoms with Crippen molar-refractivity contribution in [3.8, 4) is 0 Å². The summed E-state index contributed by atoms with van der Waals surface area (Å²) in [6.07, 6.45) is 1.82. The first-order valence-electron chi connectivity index (χ1n) is 7.60. The molecular weight excluding hydrogens is 410 g/mol. The zero-order chi connectivity index (χ0) is 17.4. The van der Waals surface area contributed by atoms with Crippen LogP contribution in [0, 0.1) is 0 Å². The normalized spacial score (nSPS) is 17.1. The summed E-state index contributed by atoms with van der Waals surface area (Å²) in [4.78, 5) is 24.5. The summed E-state index contributed by atoms with van der Waals surface area (Å²) in [7, 11) is 0. The van der Waals surface area contributed by atoms with E-state index in [0.717, 1.165) is 22.3 Å². The van der Waals surface area contributed by atoms with Crippen molar-refractivity contribution >= 4 is 49.3 Å². The summed E-state index contributed by atoms with van der Waals surface area (Å²) in [5, 5.41) is 12.3. The number of nitrogens with zero attached hydrogens (tertiary/aromatic N) is 2. The summed E-state index contributed by atoms with van der Waals surface area (Å²) < 4.78 is 11.6. The lowest BCUT2D eigenvalue weighted by atomic mass is 10.2. The highest BCUT2D eigenvalue weighted by Crippen LogP contribution is 2.32. The standard InChI is InChI=1S/C16H12BrN3O4S/c17-9-3-4-11-8(6-9)7-10(15(22)24-11)13(21)18-16-20-19-14(25-16)12-2-1-5-23-12/h3-4,6-7,12H,1-2,5H2,(H,18,20,21). The van der Waals surface area contributed by atoms with Crippen molar-refractivity contribution in [3.63, 3.8) is 0 Å². The van der Waals surface area contributed by atoms with Crippen LogP contribution in [0.25, 0.3) is 11.0 Å². The molecule has 0 radical (unpaired) electrons. The van der Waals surface area contributed by atoms with E-state index in [1.807, 2.05) is 0 Å².